The molecule has 0 heterocycles. The van der Waals surface area contributed by atoms with E-state index >= 15 is 0 Å². The molecule has 0 aliphatic heterocycles. The SMILES string of the molecule is NC(=O)NCc1ccc(CN(C(=O)C(c2ccccc2)c2ccccc2)[C@H](Cc2cccc(C(N)=NO)c2)C(N)=O)cc1. The lowest BCUT2D eigenvalue weighted by atomic mass is 9.88. The number of hydrogen-bond acceptors (Lipinski definition) is 5. The van der Waals surface area contributed by atoms with Gasteiger partial charge in [0.05, 0.1) is 5.92 Å². The van der Waals surface area contributed by atoms with Gasteiger partial charge in [-0.05, 0) is 33.9 Å². The third kappa shape index (κ3) is 7.98. The monoisotopic (exact) mass is 578 g/mol. The van der Waals surface area contributed by atoms with Crippen LogP contribution < -0.4 is 22.5 Å². The molecule has 0 radical (unpaired) electrons. The Morgan fingerprint density at radius 3 is 1.86 bits per heavy atom. The molecule has 0 fully saturated rings. The van der Waals surface area contributed by atoms with Crippen molar-refractivity contribution in [1.29, 1.82) is 0 Å². The van der Waals surface area contributed by atoms with Crippen molar-refractivity contribution in [2.45, 2.75) is 31.5 Å². The van der Waals surface area contributed by atoms with E-state index < -0.39 is 23.9 Å². The van der Waals surface area contributed by atoms with Crippen LogP contribution >= 0.6 is 0 Å². The number of hydrogen-bond donors (Lipinski definition) is 5. The summed E-state index contributed by atoms with van der Waals surface area (Å²) in [7, 11) is 0. The molecule has 4 aromatic carbocycles. The highest BCUT2D eigenvalue weighted by Gasteiger charge is 2.34. The summed E-state index contributed by atoms with van der Waals surface area (Å²) in [5, 5.41) is 14.8. The fourth-order valence-electron chi connectivity index (χ4n) is 4.93. The van der Waals surface area contributed by atoms with Crippen molar-refractivity contribution in [3.63, 3.8) is 0 Å². The van der Waals surface area contributed by atoms with Crippen LogP contribution in [0.3, 0.4) is 0 Å². The summed E-state index contributed by atoms with van der Waals surface area (Å²) >= 11 is 0. The van der Waals surface area contributed by atoms with Crippen LogP contribution in [-0.4, -0.2) is 39.8 Å². The molecule has 0 aliphatic rings. The van der Waals surface area contributed by atoms with E-state index in [0.29, 0.717) is 11.1 Å². The van der Waals surface area contributed by atoms with Crippen LogP contribution in [0.25, 0.3) is 0 Å². The van der Waals surface area contributed by atoms with E-state index in [9.17, 15) is 14.4 Å². The molecular formula is C33H34N6O4. The van der Waals surface area contributed by atoms with Crippen molar-refractivity contribution in [1.82, 2.24) is 10.2 Å². The zero-order valence-corrected chi connectivity index (χ0v) is 23.5. The maximum Gasteiger partial charge on any atom is 0.312 e. The summed E-state index contributed by atoms with van der Waals surface area (Å²) in [5.74, 6) is -1.76. The second kappa shape index (κ2) is 14.3. The molecule has 4 aromatic rings. The molecule has 4 amide bonds. The standard InChI is InChI=1S/C33H34N6O4/c34-30(38-43)27-13-7-8-24(18-27)19-28(31(35)40)39(21-23-16-14-22(15-17-23)20-37-33(36)42)32(41)29(25-9-3-1-4-10-25)26-11-5-2-6-12-26/h1-18,28-29,43H,19-21H2,(H2,34,38)(H2,35,40)(H3,36,37,42)/t28-/m1/s1. The molecule has 1 atom stereocenters. The number of carbonyl (C=O) groups is 3. The predicted octanol–water partition coefficient (Wildman–Crippen LogP) is 3.21. The van der Waals surface area contributed by atoms with Gasteiger partial charge in [0.1, 0.15) is 6.04 Å². The first kappa shape index (κ1) is 30.3. The van der Waals surface area contributed by atoms with E-state index in [0.717, 1.165) is 22.3 Å². The lowest BCUT2D eigenvalue weighted by molar-refractivity contribution is -0.140. The summed E-state index contributed by atoms with van der Waals surface area (Å²) in [5.41, 5.74) is 21.2. The van der Waals surface area contributed by atoms with Gasteiger partial charge in [0.15, 0.2) is 5.84 Å². The number of nitrogens with one attached hydrogen (secondary N) is 1. The third-order valence-corrected chi connectivity index (χ3v) is 7.10. The largest absolute Gasteiger partial charge is 0.409 e. The number of benzene rings is 4. The van der Waals surface area contributed by atoms with Crippen molar-refractivity contribution in [2.24, 2.45) is 22.4 Å². The van der Waals surface area contributed by atoms with Gasteiger partial charge in [-0.1, -0.05) is 108 Å². The average Bonchev–Trinajstić information content (AvgIpc) is 3.03. The molecule has 10 nitrogen and oxygen atoms in total. The predicted molar refractivity (Wildman–Crippen MR) is 164 cm³/mol. The molecule has 0 aliphatic carbocycles. The maximum absolute atomic E-state index is 14.6. The topological polar surface area (TPSA) is 177 Å². The fourth-order valence-corrected chi connectivity index (χ4v) is 4.93. The molecule has 0 aromatic heterocycles. The van der Waals surface area contributed by atoms with Gasteiger partial charge in [-0.15, -0.1) is 0 Å². The lowest BCUT2D eigenvalue weighted by Crippen LogP contribution is -2.50. The number of amidine groups is 1. The van der Waals surface area contributed by atoms with Gasteiger partial charge in [-0.25, -0.2) is 4.79 Å². The first-order chi connectivity index (χ1) is 20.8. The molecule has 0 bridgehead atoms. The Kier molecular flexibility index (Phi) is 10.1. The van der Waals surface area contributed by atoms with Crippen molar-refractivity contribution < 1.29 is 19.6 Å². The Balaban J connectivity index is 1.76. The Labute approximate surface area is 249 Å². The highest BCUT2D eigenvalue weighted by molar-refractivity contribution is 5.97. The van der Waals surface area contributed by atoms with Crippen LogP contribution in [0.15, 0.2) is 114 Å². The highest BCUT2D eigenvalue weighted by atomic mass is 16.4. The summed E-state index contributed by atoms with van der Waals surface area (Å²) in [6.45, 7) is 0.342. The van der Waals surface area contributed by atoms with E-state index in [1.54, 1.807) is 24.3 Å². The highest BCUT2D eigenvalue weighted by Crippen LogP contribution is 2.29. The number of primary amides is 2. The Bertz CT molecular complexity index is 1540. The van der Waals surface area contributed by atoms with E-state index in [-0.39, 0.29) is 31.3 Å². The number of nitrogens with zero attached hydrogens (tertiary/aromatic N) is 2. The second-order valence-corrected chi connectivity index (χ2v) is 10.1. The Morgan fingerprint density at radius 1 is 0.744 bits per heavy atom. The number of nitrogens with two attached hydrogens (primary N) is 3. The van der Waals surface area contributed by atoms with Gasteiger partial charge < -0.3 is 32.6 Å². The fraction of sp³-hybridized carbons (Fsp3) is 0.152. The molecule has 0 saturated carbocycles. The van der Waals surface area contributed by atoms with E-state index in [1.807, 2.05) is 84.9 Å². The molecule has 8 N–H and O–H groups in total. The van der Waals surface area contributed by atoms with Gasteiger partial charge >= 0.3 is 6.03 Å². The minimum atomic E-state index is -1.03. The van der Waals surface area contributed by atoms with Crippen LogP contribution in [0.5, 0.6) is 0 Å². The van der Waals surface area contributed by atoms with Crippen LogP contribution in [0, 0.1) is 0 Å². The first-order valence-corrected chi connectivity index (χ1v) is 13.6. The minimum absolute atomic E-state index is 0.0791. The van der Waals surface area contributed by atoms with Gasteiger partial charge in [-0.2, -0.15) is 0 Å². The zero-order valence-electron chi connectivity index (χ0n) is 23.5. The summed E-state index contributed by atoms with van der Waals surface area (Å²) < 4.78 is 0. The van der Waals surface area contributed by atoms with Crippen molar-refractivity contribution in [3.05, 3.63) is 143 Å². The second-order valence-electron chi connectivity index (χ2n) is 10.1. The number of oxime groups is 1. The number of urea groups is 1. The van der Waals surface area contributed by atoms with E-state index in [2.05, 4.69) is 10.5 Å². The third-order valence-electron chi connectivity index (χ3n) is 7.10. The van der Waals surface area contributed by atoms with Gasteiger partial charge in [0, 0.05) is 25.1 Å². The minimum Gasteiger partial charge on any atom is -0.409 e. The molecule has 10 heteroatoms. The lowest BCUT2D eigenvalue weighted by Gasteiger charge is -2.33. The van der Waals surface area contributed by atoms with Gasteiger partial charge in [0.2, 0.25) is 11.8 Å². The van der Waals surface area contributed by atoms with E-state index in [1.165, 1.54) is 4.90 Å². The van der Waals surface area contributed by atoms with Crippen molar-refractivity contribution >= 4 is 23.7 Å². The molecule has 0 saturated heterocycles. The number of amides is 4. The van der Waals surface area contributed by atoms with Crippen LogP contribution in [-0.2, 0) is 29.1 Å². The summed E-state index contributed by atoms with van der Waals surface area (Å²) in [6, 6.07) is 31.3. The smallest absolute Gasteiger partial charge is 0.312 e. The van der Waals surface area contributed by atoms with Crippen molar-refractivity contribution in [3.8, 4) is 0 Å². The molecular weight excluding hydrogens is 544 g/mol. The maximum atomic E-state index is 14.6. The normalized spacial score (nSPS) is 12.0. The average molecular weight is 579 g/mol. The molecule has 0 unspecified atom stereocenters. The Hall–Kier alpha value is -5.64. The Morgan fingerprint density at radius 2 is 1.33 bits per heavy atom. The number of carbonyl (C=O) groups excluding carboxylic acids is 3. The van der Waals surface area contributed by atoms with Crippen LogP contribution in [0.4, 0.5) is 4.79 Å². The van der Waals surface area contributed by atoms with Gasteiger partial charge in [-0.3, -0.25) is 9.59 Å². The zero-order chi connectivity index (χ0) is 30.8. The molecule has 220 valence electrons. The van der Waals surface area contributed by atoms with E-state index in [4.69, 9.17) is 22.4 Å². The van der Waals surface area contributed by atoms with Crippen LogP contribution in [0.1, 0.15) is 39.3 Å². The molecule has 43 heavy (non-hydrogen) atoms. The molecule has 0 spiro atoms. The van der Waals surface area contributed by atoms with Gasteiger partial charge in [0.25, 0.3) is 0 Å². The quantitative estimate of drug-likeness (QED) is 0.0749. The number of rotatable bonds is 12. The summed E-state index contributed by atoms with van der Waals surface area (Å²) in [4.78, 5) is 40.4. The summed E-state index contributed by atoms with van der Waals surface area (Å²) in [6.07, 6.45) is 0.102. The molecule has 4 rings (SSSR count). The van der Waals surface area contributed by atoms with Crippen molar-refractivity contribution in [2.75, 3.05) is 0 Å². The van der Waals surface area contributed by atoms with Crippen LogP contribution in [0.2, 0.25) is 0 Å². The first-order valence-electron chi connectivity index (χ1n) is 13.6.